The number of rotatable bonds is 4. The van der Waals surface area contributed by atoms with Gasteiger partial charge in [-0.25, -0.2) is 13.4 Å². The largest absolute Gasteiger partial charge is 0.474 e. The minimum Gasteiger partial charge on any atom is -0.474 e. The Balaban J connectivity index is 1.69. The topological polar surface area (TPSA) is 90.2 Å². The lowest BCUT2D eigenvalue weighted by Gasteiger charge is -2.31. The SMILES string of the molecule is Cc1nccc(OC2CCN(S(=O)(=O)c3c(C)nn(C)c3C)CC2)n1. The van der Waals surface area contributed by atoms with Gasteiger partial charge in [-0.1, -0.05) is 0 Å². The van der Waals surface area contributed by atoms with E-state index in [0.717, 1.165) is 0 Å². The number of aromatic nitrogens is 4. The molecule has 0 N–H and O–H groups in total. The molecule has 0 amide bonds. The maximum absolute atomic E-state index is 13.0. The van der Waals surface area contributed by atoms with Crippen molar-refractivity contribution in [3.63, 3.8) is 0 Å². The predicted molar refractivity (Wildman–Crippen MR) is 91.9 cm³/mol. The van der Waals surface area contributed by atoms with Crippen LogP contribution in [0.4, 0.5) is 0 Å². The molecule has 25 heavy (non-hydrogen) atoms. The van der Waals surface area contributed by atoms with E-state index in [9.17, 15) is 8.42 Å². The van der Waals surface area contributed by atoms with Gasteiger partial charge >= 0.3 is 0 Å². The highest BCUT2D eigenvalue weighted by atomic mass is 32.2. The van der Waals surface area contributed by atoms with Crippen molar-refractivity contribution < 1.29 is 13.2 Å². The smallest absolute Gasteiger partial charge is 0.246 e. The molecule has 8 nitrogen and oxygen atoms in total. The molecule has 0 unspecified atom stereocenters. The third kappa shape index (κ3) is 3.52. The van der Waals surface area contributed by atoms with Crippen molar-refractivity contribution >= 4 is 10.0 Å². The van der Waals surface area contributed by atoms with Crippen molar-refractivity contribution in [3.05, 3.63) is 29.5 Å². The lowest BCUT2D eigenvalue weighted by molar-refractivity contribution is 0.129. The van der Waals surface area contributed by atoms with Gasteiger partial charge in [0.1, 0.15) is 16.8 Å². The molecule has 136 valence electrons. The van der Waals surface area contributed by atoms with Crippen LogP contribution in [0.3, 0.4) is 0 Å². The van der Waals surface area contributed by atoms with Crippen molar-refractivity contribution in [3.8, 4) is 5.88 Å². The van der Waals surface area contributed by atoms with Crippen LogP contribution in [-0.2, 0) is 17.1 Å². The zero-order chi connectivity index (χ0) is 18.2. The fourth-order valence-electron chi connectivity index (χ4n) is 3.12. The van der Waals surface area contributed by atoms with Gasteiger partial charge in [0.15, 0.2) is 0 Å². The van der Waals surface area contributed by atoms with Gasteiger partial charge in [-0.3, -0.25) is 4.68 Å². The van der Waals surface area contributed by atoms with E-state index in [1.807, 2.05) is 0 Å². The first-order valence-corrected chi connectivity index (χ1v) is 9.69. The quantitative estimate of drug-likeness (QED) is 0.813. The zero-order valence-corrected chi connectivity index (χ0v) is 15.7. The number of piperidine rings is 1. The highest BCUT2D eigenvalue weighted by Crippen LogP contribution is 2.26. The predicted octanol–water partition coefficient (Wildman–Crippen LogP) is 1.37. The van der Waals surface area contributed by atoms with E-state index < -0.39 is 10.0 Å². The second-order valence-electron chi connectivity index (χ2n) is 6.29. The molecule has 0 spiro atoms. The van der Waals surface area contributed by atoms with Crippen LogP contribution in [0.25, 0.3) is 0 Å². The molecule has 2 aromatic heterocycles. The normalized spacial score (nSPS) is 17.0. The van der Waals surface area contributed by atoms with Gasteiger partial charge in [-0.15, -0.1) is 0 Å². The van der Waals surface area contributed by atoms with Gasteiger partial charge in [-0.05, 0) is 33.6 Å². The summed E-state index contributed by atoms with van der Waals surface area (Å²) in [7, 11) is -1.78. The maximum Gasteiger partial charge on any atom is 0.246 e. The highest BCUT2D eigenvalue weighted by Gasteiger charge is 2.34. The van der Waals surface area contributed by atoms with Crippen molar-refractivity contribution in [1.29, 1.82) is 0 Å². The summed E-state index contributed by atoms with van der Waals surface area (Å²) in [5.41, 5.74) is 1.20. The number of ether oxygens (including phenoxy) is 1. The second-order valence-corrected chi connectivity index (χ2v) is 8.16. The summed E-state index contributed by atoms with van der Waals surface area (Å²) < 4.78 is 34.9. The molecule has 0 saturated carbocycles. The van der Waals surface area contributed by atoms with Gasteiger partial charge < -0.3 is 4.74 Å². The zero-order valence-electron chi connectivity index (χ0n) is 14.9. The van der Waals surface area contributed by atoms with E-state index in [1.165, 1.54) is 4.31 Å². The van der Waals surface area contributed by atoms with Crippen molar-refractivity contribution in [1.82, 2.24) is 24.1 Å². The molecule has 1 aliphatic rings. The van der Waals surface area contributed by atoms with Crippen LogP contribution in [-0.4, -0.2) is 51.7 Å². The molecule has 3 heterocycles. The van der Waals surface area contributed by atoms with E-state index >= 15 is 0 Å². The van der Waals surface area contributed by atoms with E-state index in [-0.39, 0.29) is 6.10 Å². The van der Waals surface area contributed by atoms with Crippen LogP contribution in [0.2, 0.25) is 0 Å². The van der Waals surface area contributed by atoms with E-state index in [2.05, 4.69) is 15.1 Å². The molecule has 1 fully saturated rings. The summed E-state index contributed by atoms with van der Waals surface area (Å²) in [5, 5.41) is 4.22. The van der Waals surface area contributed by atoms with Crippen LogP contribution < -0.4 is 4.74 Å². The Bertz CT molecular complexity index is 870. The molecule has 0 aromatic carbocycles. The summed E-state index contributed by atoms with van der Waals surface area (Å²) in [5.74, 6) is 1.19. The standard InChI is InChI=1S/C16H23N5O3S/c1-11-16(12(2)20(4)19-11)25(22,23)21-9-6-14(7-10-21)24-15-5-8-17-13(3)18-15/h5,8,14H,6-7,9-10H2,1-4H3. The van der Waals surface area contributed by atoms with Crippen LogP contribution in [0.15, 0.2) is 17.2 Å². The van der Waals surface area contributed by atoms with Crippen molar-refractivity contribution in [2.75, 3.05) is 13.1 Å². The second kappa shape index (κ2) is 6.72. The summed E-state index contributed by atoms with van der Waals surface area (Å²) >= 11 is 0. The first-order valence-electron chi connectivity index (χ1n) is 8.25. The molecule has 2 aromatic rings. The van der Waals surface area contributed by atoms with Gasteiger partial charge in [0.25, 0.3) is 0 Å². The van der Waals surface area contributed by atoms with Crippen molar-refractivity contribution in [2.24, 2.45) is 7.05 Å². The monoisotopic (exact) mass is 365 g/mol. The first-order chi connectivity index (χ1) is 11.8. The molecule has 1 saturated heterocycles. The van der Waals surface area contributed by atoms with Crippen LogP contribution >= 0.6 is 0 Å². The Morgan fingerprint density at radius 3 is 2.44 bits per heavy atom. The minimum absolute atomic E-state index is 0.0446. The van der Waals surface area contributed by atoms with Gasteiger partial charge in [0, 0.05) is 32.4 Å². The molecule has 9 heteroatoms. The maximum atomic E-state index is 13.0. The summed E-state index contributed by atoms with van der Waals surface area (Å²) in [6, 6.07) is 1.72. The number of aryl methyl sites for hydroxylation is 3. The summed E-state index contributed by atoms with van der Waals surface area (Å²) in [6.45, 7) is 6.16. The van der Waals surface area contributed by atoms with Crippen LogP contribution in [0.1, 0.15) is 30.1 Å². The molecular formula is C16H23N5O3S. The number of sulfonamides is 1. The minimum atomic E-state index is -3.54. The Hall–Kier alpha value is -2.00. The van der Waals surface area contributed by atoms with Gasteiger partial charge in [0.05, 0.1) is 11.4 Å². The molecule has 1 aliphatic heterocycles. The van der Waals surface area contributed by atoms with E-state index in [4.69, 9.17) is 4.74 Å². The third-order valence-corrected chi connectivity index (χ3v) is 6.63. The number of hydrogen-bond donors (Lipinski definition) is 0. The molecule has 0 bridgehead atoms. The Morgan fingerprint density at radius 2 is 1.88 bits per heavy atom. The Morgan fingerprint density at radius 1 is 1.20 bits per heavy atom. The van der Waals surface area contributed by atoms with Gasteiger partial charge in [0.2, 0.25) is 15.9 Å². The third-order valence-electron chi connectivity index (χ3n) is 4.48. The molecule has 0 aliphatic carbocycles. The van der Waals surface area contributed by atoms with Gasteiger partial charge in [-0.2, -0.15) is 14.4 Å². The Kier molecular flexibility index (Phi) is 4.79. The average molecular weight is 365 g/mol. The molecule has 3 rings (SSSR count). The van der Waals surface area contributed by atoms with Crippen LogP contribution in [0, 0.1) is 20.8 Å². The molecule has 0 radical (unpaired) electrons. The first kappa shape index (κ1) is 17.8. The van der Waals surface area contributed by atoms with E-state index in [1.54, 1.807) is 44.8 Å². The fraction of sp³-hybridized carbons (Fsp3) is 0.562. The molecule has 0 atom stereocenters. The lowest BCUT2D eigenvalue weighted by Crippen LogP contribution is -2.42. The number of hydrogen-bond acceptors (Lipinski definition) is 6. The fourth-order valence-corrected chi connectivity index (χ4v) is 4.99. The molecular weight excluding hydrogens is 342 g/mol. The number of nitrogens with zero attached hydrogens (tertiary/aromatic N) is 5. The lowest BCUT2D eigenvalue weighted by atomic mass is 10.1. The highest BCUT2D eigenvalue weighted by molar-refractivity contribution is 7.89. The summed E-state index contributed by atoms with van der Waals surface area (Å²) in [4.78, 5) is 8.60. The Labute approximate surface area is 147 Å². The van der Waals surface area contributed by atoms with Crippen molar-refractivity contribution in [2.45, 2.75) is 44.6 Å². The average Bonchev–Trinajstić information content (AvgIpc) is 2.81. The van der Waals surface area contributed by atoms with Crippen LogP contribution in [0.5, 0.6) is 5.88 Å². The summed E-state index contributed by atoms with van der Waals surface area (Å²) in [6.07, 6.45) is 2.86. The van der Waals surface area contributed by atoms with E-state index in [0.29, 0.717) is 53.9 Å².